The number of halogens is 2. The van der Waals surface area contributed by atoms with Crippen molar-refractivity contribution < 1.29 is 63.0 Å². The van der Waals surface area contributed by atoms with E-state index in [9.17, 15) is 63.0 Å². The molecule has 1 aliphatic rings. The van der Waals surface area contributed by atoms with Gasteiger partial charge in [0.2, 0.25) is 65.0 Å². The summed E-state index contributed by atoms with van der Waals surface area (Å²) >= 11 is 12.4. The molecule has 10 atom stereocenters. The number of carbonyl (C=O) groups is 11. The van der Waals surface area contributed by atoms with Crippen LogP contribution in [0.25, 0.3) is 10.9 Å². The fourth-order valence-corrected chi connectivity index (χ4v) is 11.7. The normalized spacial score (nSPS) is 15.3. The number of guanidine groups is 2. The number of likely N-dealkylation sites (tertiary alicyclic amines) is 1. The van der Waals surface area contributed by atoms with E-state index >= 15 is 0 Å². The Morgan fingerprint density at radius 2 is 0.961 bits per heavy atom. The number of aromatic hydroxyl groups is 1. The van der Waals surface area contributed by atoms with E-state index in [0.717, 1.165) is 0 Å². The largest absolute Gasteiger partial charge is 0.508 e. The molecule has 0 unspecified atom stereocenters. The number of para-hydroxylation sites is 1. The number of rotatable bonds is 38. The lowest BCUT2D eigenvalue weighted by Crippen LogP contribution is -2.61. The van der Waals surface area contributed by atoms with Gasteiger partial charge in [0.05, 0.1) is 6.61 Å². The predicted molar refractivity (Wildman–Crippen MR) is 383 cm³/mol. The van der Waals surface area contributed by atoms with Gasteiger partial charge < -0.3 is 96.6 Å². The van der Waals surface area contributed by atoms with E-state index in [4.69, 9.17) is 51.9 Å². The van der Waals surface area contributed by atoms with Crippen LogP contribution in [0.3, 0.4) is 0 Å². The van der Waals surface area contributed by atoms with Gasteiger partial charge in [-0.2, -0.15) is 0 Å². The molecule has 0 aliphatic carbocycles. The number of fused-ring (bicyclic) bond motifs is 1. The number of hydrogen-bond acceptors (Lipinski definition) is 15. The summed E-state index contributed by atoms with van der Waals surface area (Å²) in [5.74, 6) is -9.96. The van der Waals surface area contributed by atoms with E-state index in [1.165, 1.54) is 43.0 Å². The molecule has 22 N–H and O–H groups in total. The third-order valence-corrected chi connectivity index (χ3v) is 17.2. The quantitative estimate of drug-likeness (QED) is 0.0134. The molecule has 0 spiro atoms. The first-order valence-corrected chi connectivity index (χ1v) is 34.1. The van der Waals surface area contributed by atoms with Crippen LogP contribution in [0, 0.1) is 5.92 Å². The van der Waals surface area contributed by atoms with E-state index in [2.05, 4.69) is 62.8 Å². The number of aromatic nitrogens is 1. The van der Waals surface area contributed by atoms with Crippen LogP contribution in [-0.4, -0.2) is 184 Å². The monoisotopic (exact) mass is 1450 g/mol. The molecule has 4 aromatic carbocycles. The molecule has 11 amide bonds. The molecule has 1 fully saturated rings. The number of benzene rings is 4. The van der Waals surface area contributed by atoms with Crippen LogP contribution in [-0.2, 0) is 78.4 Å². The molecule has 33 heteroatoms. The number of hydrogen-bond donors (Lipinski definition) is 17. The zero-order valence-corrected chi connectivity index (χ0v) is 58.7. The van der Waals surface area contributed by atoms with Crippen LogP contribution in [0.4, 0.5) is 0 Å². The van der Waals surface area contributed by atoms with Gasteiger partial charge in [0.15, 0.2) is 11.9 Å². The second-order valence-electron chi connectivity index (χ2n) is 25.3. The predicted octanol–water partition coefficient (Wildman–Crippen LogP) is -0.524. The van der Waals surface area contributed by atoms with Crippen molar-refractivity contribution in [3.05, 3.63) is 136 Å². The van der Waals surface area contributed by atoms with Crippen molar-refractivity contribution in [2.75, 3.05) is 26.2 Å². The fraction of sp³-hybridized carbons (Fsp3) is 0.435. The molecular formula is C69H92Cl2N18O13. The lowest BCUT2D eigenvalue weighted by molar-refractivity contribution is -0.142. The highest BCUT2D eigenvalue weighted by atomic mass is 35.5. The van der Waals surface area contributed by atoms with Gasteiger partial charge in [0.25, 0.3) is 0 Å². The zero-order chi connectivity index (χ0) is 74.7. The average Bonchev–Trinajstić information content (AvgIpc) is 1.67. The minimum absolute atomic E-state index is 0.00608. The summed E-state index contributed by atoms with van der Waals surface area (Å²) in [6.45, 7) is 5.25. The van der Waals surface area contributed by atoms with Gasteiger partial charge in [0, 0.05) is 79.4 Å². The van der Waals surface area contributed by atoms with Crippen molar-refractivity contribution in [3.63, 3.8) is 0 Å². The van der Waals surface area contributed by atoms with Gasteiger partial charge in [-0.15, -0.1) is 0 Å². The van der Waals surface area contributed by atoms with Crippen molar-refractivity contribution in [2.45, 2.75) is 159 Å². The van der Waals surface area contributed by atoms with Gasteiger partial charge >= 0.3 is 0 Å². The third-order valence-electron chi connectivity index (χ3n) is 16.7. The minimum atomic E-state index is -1.85. The zero-order valence-electron chi connectivity index (χ0n) is 57.1. The summed E-state index contributed by atoms with van der Waals surface area (Å²) < 4.78 is 0. The van der Waals surface area contributed by atoms with E-state index in [-0.39, 0.29) is 107 Å². The molecule has 102 heavy (non-hydrogen) atoms. The van der Waals surface area contributed by atoms with Crippen molar-refractivity contribution >= 4 is 111 Å². The summed E-state index contributed by atoms with van der Waals surface area (Å²) in [7, 11) is 0. The van der Waals surface area contributed by atoms with Crippen molar-refractivity contribution in [1.29, 1.82) is 0 Å². The summed E-state index contributed by atoms with van der Waals surface area (Å²) in [4.78, 5) is 168. The number of nitrogens with zero attached hydrogens (tertiary/aromatic N) is 3. The lowest BCUT2D eigenvalue weighted by Gasteiger charge is -2.31. The average molecular weight is 1450 g/mol. The van der Waals surface area contributed by atoms with Crippen molar-refractivity contribution in [3.8, 4) is 5.75 Å². The van der Waals surface area contributed by atoms with Gasteiger partial charge in [0.1, 0.15) is 66.2 Å². The summed E-state index contributed by atoms with van der Waals surface area (Å²) in [6, 6.07) is 11.8. The Labute approximate surface area is 599 Å². The Bertz CT molecular complexity index is 3790. The van der Waals surface area contributed by atoms with Crippen LogP contribution < -0.4 is 76.5 Å². The summed E-state index contributed by atoms with van der Waals surface area (Å²) in [6.07, 6.45) is 1.59. The van der Waals surface area contributed by atoms with E-state index in [1.54, 1.807) is 92.8 Å². The van der Waals surface area contributed by atoms with Crippen molar-refractivity contribution in [2.24, 2.45) is 44.6 Å². The Balaban J connectivity index is 1.28. The first-order valence-electron chi connectivity index (χ1n) is 33.3. The maximum atomic E-state index is 14.9. The highest BCUT2D eigenvalue weighted by Gasteiger charge is 2.40. The van der Waals surface area contributed by atoms with Crippen LogP contribution in [0.1, 0.15) is 94.9 Å². The van der Waals surface area contributed by atoms with Crippen LogP contribution in [0.15, 0.2) is 113 Å². The third kappa shape index (κ3) is 25.6. The van der Waals surface area contributed by atoms with Crippen LogP contribution >= 0.6 is 23.2 Å². The number of nitrogens with two attached hydrogens (primary N) is 5. The number of aliphatic imine (C=N–C) groups is 2. The second-order valence-corrected chi connectivity index (χ2v) is 26.2. The number of aliphatic hydroxyl groups excluding tert-OH is 1. The molecule has 6 rings (SSSR count). The first-order chi connectivity index (χ1) is 48.5. The summed E-state index contributed by atoms with van der Waals surface area (Å²) in [5.41, 5.74) is 30.5. The number of aliphatic hydroxyl groups is 1. The molecule has 0 bridgehead atoms. The fourth-order valence-electron chi connectivity index (χ4n) is 11.4. The van der Waals surface area contributed by atoms with Gasteiger partial charge in [-0.05, 0) is 123 Å². The van der Waals surface area contributed by atoms with Crippen LogP contribution in [0.2, 0.25) is 10.0 Å². The maximum Gasteiger partial charge on any atom is 0.245 e. The molecule has 1 saturated heterocycles. The smallest absolute Gasteiger partial charge is 0.245 e. The minimum Gasteiger partial charge on any atom is -0.508 e. The Morgan fingerprint density at radius 1 is 0.539 bits per heavy atom. The number of nitrogens with one attached hydrogen (secondary N) is 10. The Hall–Kier alpha value is -10.5. The van der Waals surface area contributed by atoms with Crippen molar-refractivity contribution in [1.82, 2.24) is 57.7 Å². The highest BCUT2D eigenvalue weighted by Crippen LogP contribution is 2.23. The molecule has 5 aromatic rings. The summed E-state index contributed by atoms with van der Waals surface area (Å²) in [5, 5.41) is 46.6. The number of amides is 11. The maximum absolute atomic E-state index is 14.9. The molecule has 550 valence electrons. The Morgan fingerprint density at radius 3 is 1.45 bits per heavy atom. The first kappa shape index (κ1) is 80.4. The molecule has 1 aromatic heterocycles. The van der Waals surface area contributed by atoms with Gasteiger partial charge in [-0.25, -0.2) is 0 Å². The Kier molecular flexibility index (Phi) is 31.1. The molecule has 0 saturated carbocycles. The topological polar surface area (TPSA) is 510 Å². The van der Waals surface area contributed by atoms with E-state index in [1.807, 2.05) is 0 Å². The second kappa shape index (κ2) is 39.5. The molecule has 31 nitrogen and oxygen atoms in total. The number of phenols is 1. The molecule has 0 radical (unpaired) electrons. The lowest BCUT2D eigenvalue weighted by atomic mass is 10.00. The molecular weight excluding hydrogens is 1360 g/mol. The SMILES string of the molecule is CC(=O)N[C@H](Cc1ccc(Cl)cc1)C(=O)N[C@H](Cc1ccc(Cl)cc1)C(=O)N[C@H](Cc1c[nH]c2ccccc12)C(=O)N[C@@H](CO)C(=O)N[C@@H](Cc1ccc(O)cc1)C(=O)N[C@H](CCCN=C(N)N)C(=O)N[C@@H](CC(C)C)C(=O)N[C@H](CCCN=C(N)N)C(=O)N1CCC[C@@H]1C(=O)N[C@H](C)C(N)=O. The number of H-pyrrole nitrogens is 1. The van der Waals surface area contributed by atoms with Gasteiger partial charge in [-0.3, -0.25) is 62.7 Å². The number of phenolic OH excluding ortho intramolecular Hbond substituents is 1. The van der Waals surface area contributed by atoms with E-state index < -0.39 is 132 Å². The standard InChI is InChI=1S/C69H92Cl2N18O13/c1-37(2)30-51(60(95)83-50(13-8-28-78-69(75)76)67(102)89-29-9-14-57(89)66(101)80-38(3)58(72)93)84-59(94)49(12-7-27-77-68(73)74)82-62(97)53(33-42-19-25-46(92)26-20-42)86-65(100)56(36-90)88-64(99)55(34-43-35-79-48-11-6-5-10-47(43)48)87-63(98)54(32-41-17-23-45(71)24-18-41)85-61(96)52(81-39(4)91)31-40-15-21-44(70)22-16-40/h5-6,10-11,15-26,35,37-38,49-57,79,90,92H,7-9,12-14,27-34,36H2,1-4H3,(H2,72,93)(H,80,101)(H,81,91)(H,82,97)(H,83,95)(H,84,94)(H,85,96)(H,86,100)(H,87,98)(H,88,99)(H4,73,74,77)(H4,75,76,78)/t38-,49-,50-,51+,52-,53+,54-,55-,56+,57-/m1/s1. The number of carbonyl (C=O) groups excluding carboxylic acids is 11. The van der Waals surface area contributed by atoms with E-state index in [0.29, 0.717) is 49.6 Å². The highest BCUT2D eigenvalue weighted by molar-refractivity contribution is 6.30. The number of aromatic amines is 1. The van der Waals surface area contributed by atoms with Gasteiger partial charge in [-0.1, -0.05) is 91.6 Å². The van der Waals surface area contributed by atoms with Crippen LogP contribution in [0.5, 0.6) is 5.75 Å². The molecule has 2 heterocycles. The number of primary amides is 1. The molecule has 1 aliphatic heterocycles.